The number of nitrogens with zero attached hydrogens (tertiary/aromatic N) is 2. The van der Waals surface area contributed by atoms with Gasteiger partial charge in [-0.3, -0.25) is 4.68 Å². The second kappa shape index (κ2) is 7.90. The van der Waals surface area contributed by atoms with E-state index in [1.54, 1.807) is 11.8 Å². The molecule has 5 heteroatoms. The van der Waals surface area contributed by atoms with Gasteiger partial charge in [0.2, 0.25) is 0 Å². The summed E-state index contributed by atoms with van der Waals surface area (Å²) < 4.78 is 19.9. The molecule has 1 N–H and O–H groups in total. The number of benzene rings is 1. The minimum absolute atomic E-state index is 0.206. The zero-order valence-corrected chi connectivity index (χ0v) is 12.6. The van der Waals surface area contributed by atoms with Crippen molar-refractivity contribution in [1.82, 2.24) is 15.1 Å². The number of halogens is 1. The van der Waals surface area contributed by atoms with E-state index in [9.17, 15) is 4.39 Å². The molecule has 0 aliphatic carbocycles. The predicted molar refractivity (Wildman–Crippen MR) is 80.8 cm³/mol. The van der Waals surface area contributed by atoms with Crippen molar-refractivity contribution in [3.05, 3.63) is 53.6 Å². The largest absolute Gasteiger partial charge is 0.383 e. The van der Waals surface area contributed by atoms with Gasteiger partial charge >= 0.3 is 0 Å². The number of hydrogen-bond donors (Lipinski definition) is 1. The van der Waals surface area contributed by atoms with Crippen LogP contribution in [0, 0.1) is 5.82 Å². The lowest BCUT2D eigenvalue weighted by atomic mass is 9.94. The van der Waals surface area contributed by atoms with Gasteiger partial charge in [-0.05, 0) is 30.2 Å². The molecule has 0 amide bonds. The predicted octanol–water partition coefficient (Wildman–Crippen LogP) is 2.12. The molecule has 1 aromatic heterocycles. The summed E-state index contributed by atoms with van der Waals surface area (Å²) in [5.74, 6) is 0.0556. The van der Waals surface area contributed by atoms with Crippen LogP contribution in [0.1, 0.15) is 17.2 Å². The number of ether oxygens (including phenoxy) is 1. The van der Waals surface area contributed by atoms with Gasteiger partial charge in [-0.1, -0.05) is 12.1 Å². The van der Waals surface area contributed by atoms with Crippen LogP contribution in [0.4, 0.5) is 4.39 Å². The van der Waals surface area contributed by atoms with E-state index in [2.05, 4.69) is 10.4 Å². The van der Waals surface area contributed by atoms with Gasteiger partial charge in [0.15, 0.2) is 0 Å². The summed E-state index contributed by atoms with van der Waals surface area (Å²) in [5.41, 5.74) is 2.16. The SMILES string of the molecule is COCCNCC(Cc1ccn(C)n1)c1ccc(F)cc1. The Labute approximate surface area is 124 Å². The first-order chi connectivity index (χ1) is 10.2. The first kappa shape index (κ1) is 15.7. The summed E-state index contributed by atoms with van der Waals surface area (Å²) in [6, 6.07) is 8.74. The average molecular weight is 291 g/mol. The molecule has 21 heavy (non-hydrogen) atoms. The molecular formula is C16H22FN3O. The van der Waals surface area contributed by atoms with Crippen molar-refractivity contribution in [3.63, 3.8) is 0 Å². The lowest BCUT2D eigenvalue weighted by Gasteiger charge is -2.17. The second-order valence-corrected chi connectivity index (χ2v) is 5.13. The third-order valence-electron chi connectivity index (χ3n) is 3.44. The summed E-state index contributed by atoms with van der Waals surface area (Å²) in [6.45, 7) is 2.29. The quantitative estimate of drug-likeness (QED) is 0.757. The fraction of sp³-hybridized carbons (Fsp3) is 0.438. The first-order valence-corrected chi connectivity index (χ1v) is 7.12. The third-order valence-corrected chi connectivity index (χ3v) is 3.44. The van der Waals surface area contributed by atoms with Crippen molar-refractivity contribution in [2.75, 3.05) is 26.8 Å². The highest BCUT2D eigenvalue weighted by atomic mass is 19.1. The van der Waals surface area contributed by atoms with Crippen LogP contribution < -0.4 is 5.32 Å². The molecule has 2 aromatic rings. The molecule has 0 aliphatic rings. The van der Waals surface area contributed by atoms with Gasteiger partial charge in [-0.15, -0.1) is 0 Å². The van der Waals surface area contributed by atoms with Gasteiger partial charge in [0.05, 0.1) is 12.3 Å². The van der Waals surface area contributed by atoms with Gasteiger partial charge in [-0.25, -0.2) is 4.39 Å². The molecular weight excluding hydrogens is 269 g/mol. The van der Waals surface area contributed by atoms with E-state index in [0.29, 0.717) is 6.61 Å². The summed E-state index contributed by atoms with van der Waals surface area (Å²) in [4.78, 5) is 0. The molecule has 0 radical (unpaired) electrons. The molecule has 4 nitrogen and oxygen atoms in total. The Morgan fingerprint density at radius 2 is 2.05 bits per heavy atom. The molecule has 0 spiro atoms. The van der Waals surface area contributed by atoms with Gasteiger partial charge < -0.3 is 10.1 Å². The van der Waals surface area contributed by atoms with E-state index >= 15 is 0 Å². The highest BCUT2D eigenvalue weighted by Gasteiger charge is 2.14. The molecule has 0 bridgehead atoms. The monoisotopic (exact) mass is 291 g/mol. The van der Waals surface area contributed by atoms with Crippen molar-refractivity contribution >= 4 is 0 Å². The van der Waals surface area contributed by atoms with Gasteiger partial charge in [-0.2, -0.15) is 5.10 Å². The smallest absolute Gasteiger partial charge is 0.123 e. The molecule has 1 heterocycles. The van der Waals surface area contributed by atoms with Crippen molar-refractivity contribution in [2.45, 2.75) is 12.3 Å². The highest BCUT2D eigenvalue weighted by Crippen LogP contribution is 2.20. The summed E-state index contributed by atoms with van der Waals surface area (Å²) in [7, 11) is 3.60. The maximum atomic E-state index is 13.1. The Kier molecular flexibility index (Phi) is 5.90. The van der Waals surface area contributed by atoms with Gasteiger partial charge in [0, 0.05) is 39.4 Å². The minimum Gasteiger partial charge on any atom is -0.383 e. The standard InChI is InChI=1S/C16H22FN3O/c1-20-9-7-16(19-20)11-14(12-18-8-10-21-2)13-3-5-15(17)6-4-13/h3-7,9,14,18H,8,10-12H2,1-2H3. The van der Waals surface area contributed by atoms with Crippen LogP contribution in [0.2, 0.25) is 0 Å². The van der Waals surface area contributed by atoms with Gasteiger partial charge in [0.1, 0.15) is 5.82 Å². The Balaban J connectivity index is 2.04. The maximum Gasteiger partial charge on any atom is 0.123 e. The van der Waals surface area contributed by atoms with E-state index in [0.717, 1.165) is 30.8 Å². The topological polar surface area (TPSA) is 39.1 Å². The third kappa shape index (κ3) is 4.95. The van der Waals surface area contributed by atoms with Crippen LogP contribution in [-0.2, 0) is 18.2 Å². The Hall–Kier alpha value is -1.72. The number of aryl methyl sites for hydroxylation is 1. The molecule has 114 valence electrons. The zero-order valence-electron chi connectivity index (χ0n) is 12.6. The molecule has 1 unspecified atom stereocenters. The lowest BCUT2D eigenvalue weighted by molar-refractivity contribution is 0.199. The Morgan fingerprint density at radius 3 is 2.67 bits per heavy atom. The number of aromatic nitrogens is 2. The second-order valence-electron chi connectivity index (χ2n) is 5.13. The van der Waals surface area contributed by atoms with Crippen LogP contribution in [0.3, 0.4) is 0 Å². The molecule has 2 rings (SSSR count). The van der Waals surface area contributed by atoms with Crippen LogP contribution in [0.25, 0.3) is 0 Å². The van der Waals surface area contributed by atoms with Crippen LogP contribution in [0.5, 0.6) is 0 Å². The summed E-state index contributed by atoms with van der Waals surface area (Å²) in [6.07, 6.45) is 2.77. The van der Waals surface area contributed by atoms with E-state index < -0.39 is 0 Å². The average Bonchev–Trinajstić information content (AvgIpc) is 2.88. The van der Waals surface area contributed by atoms with Crippen molar-refractivity contribution < 1.29 is 9.13 Å². The van der Waals surface area contributed by atoms with E-state index in [-0.39, 0.29) is 11.7 Å². The van der Waals surface area contributed by atoms with Crippen molar-refractivity contribution in [3.8, 4) is 0 Å². The zero-order chi connectivity index (χ0) is 15.1. The highest BCUT2D eigenvalue weighted by molar-refractivity contribution is 5.22. The van der Waals surface area contributed by atoms with E-state index in [1.165, 1.54) is 12.1 Å². The molecule has 0 aliphatic heterocycles. The van der Waals surface area contributed by atoms with Gasteiger partial charge in [0.25, 0.3) is 0 Å². The van der Waals surface area contributed by atoms with Crippen LogP contribution >= 0.6 is 0 Å². The lowest BCUT2D eigenvalue weighted by Crippen LogP contribution is -2.26. The van der Waals surface area contributed by atoms with E-state index in [1.807, 2.05) is 31.4 Å². The number of rotatable bonds is 8. The number of nitrogens with one attached hydrogen (secondary N) is 1. The fourth-order valence-electron chi connectivity index (χ4n) is 2.32. The fourth-order valence-corrected chi connectivity index (χ4v) is 2.32. The molecule has 0 fully saturated rings. The number of methoxy groups -OCH3 is 1. The van der Waals surface area contributed by atoms with E-state index in [4.69, 9.17) is 4.74 Å². The van der Waals surface area contributed by atoms with Crippen molar-refractivity contribution in [2.24, 2.45) is 7.05 Å². The minimum atomic E-state index is -0.206. The number of hydrogen-bond acceptors (Lipinski definition) is 3. The molecule has 0 saturated carbocycles. The first-order valence-electron chi connectivity index (χ1n) is 7.12. The summed E-state index contributed by atoms with van der Waals surface area (Å²) in [5, 5.41) is 7.80. The van der Waals surface area contributed by atoms with Crippen molar-refractivity contribution in [1.29, 1.82) is 0 Å². The summed E-state index contributed by atoms with van der Waals surface area (Å²) >= 11 is 0. The molecule has 0 saturated heterocycles. The van der Waals surface area contributed by atoms with Crippen LogP contribution in [0.15, 0.2) is 36.5 Å². The molecule has 1 atom stereocenters. The van der Waals surface area contributed by atoms with Crippen LogP contribution in [-0.4, -0.2) is 36.6 Å². The molecule has 1 aromatic carbocycles. The normalized spacial score (nSPS) is 12.5. The Morgan fingerprint density at radius 1 is 1.29 bits per heavy atom. The Bertz CT molecular complexity index is 539. The maximum absolute atomic E-state index is 13.1.